The van der Waals surface area contributed by atoms with Crippen LogP contribution >= 0.6 is 34.7 Å². The molecule has 1 fully saturated rings. The fraction of sp³-hybridized carbons (Fsp3) is 0.323. The molecule has 0 bridgehead atoms. The van der Waals surface area contributed by atoms with E-state index in [0.29, 0.717) is 22.5 Å². The number of nitrogens with zero attached hydrogens (tertiary/aromatic N) is 2. The molecule has 1 aliphatic carbocycles. The SMILES string of the molecule is COc1ccc(-c2ccc(CO)cc2)cc1CN(C(=O)c1sc2ccccc2c1Cl)C1CCC(N(C)Cl)CC1. The Morgan fingerprint density at radius 1 is 1.00 bits per heavy atom. The number of ether oxygens (including phenoxy) is 1. The number of fused-ring (bicyclic) bond motifs is 1. The number of benzene rings is 3. The topological polar surface area (TPSA) is 53.0 Å². The number of carbonyl (C=O) groups excluding carboxylic acids is 1. The van der Waals surface area contributed by atoms with E-state index in [0.717, 1.165) is 63.8 Å². The van der Waals surface area contributed by atoms with Crippen molar-refractivity contribution in [3.63, 3.8) is 0 Å². The lowest BCUT2D eigenvalue weighted by Crippen LogP contribution is -2.44. The van der Waals surface area contributed by atoms with Crippen LogP contribution in [0.5, 0.6) is 5.75 Å². The third kappa shape index (κ3) is 5.96. The van der Waals surface area contributed by atoms with Gasteiger partial charge in [0.15, 0.2) is 0 Å². The Hall–Kier alpha value is -2.61. The van der Waals surface area contributed by atoms with Crippen LogP contribution in [0, 0.1) is 0 Å². The van der Waals surface area contributed by atoms with Gasteiger partial charge in [0.05, 0.1) is 18.7 Å². The van der Waals surface area contributed by atoms with Crippen LogP contribution in [0.2, 0.25) is 5.02 Å². The Bertz CT molecular complexity index is 1450. The van der Waals surface area contributed by atoms with Gasteiger partial charge < -0.3 is 14.7 Å². The van der Waals surface area contributed by atoms with Crippen LogP contribution in [0.15, 0.2) is 66.7 Å². The van der Waals surface area contributed by atoms with Crippen LogP contribution in [-0.2, 0) is 13.2 Å². The molecule has 204 valence electrons. The van der Waals surface area contributed by atoms with Crippen molar-refractivity contribution in [1.82, 2.24) is 9.32 Å². The van der Waals surface area contributed by atoms with Crippen molar-refractivity contribution in [3.05, 3.63) is 87.8 Å². The van der Waals surface area contributed by atoms with Crippen molar-refractivity contribution in [2.45, 2.75) is 50.9 Å². The standard InChI is InChI=1S/C31H32Cl2N2O3S/c1-34(33)24-12-14-25(15-13-24)35(31(37)30-29(32)26-5-3-4-6-28(26)39-30)18-23-17-22(11-16-27(23)38-2)21-9-7-20(19-36)8-10-21/h3-11,16-17,24-25,36H,12-15,18-19H2,1-2H3. The smallest absolute Gasteiger partial charge is 0.266 e. The number of methoxy groups -OCH3 is 1. The molecule has 0 atom stereocenters. The van der Waals surface area contributed by atoms with Gasteiger partial charge in [-0.2, -0.15) is 0 Å². The van der Waals surface area contributed by atoms with Gasteiger partial charge in [-0.25, -0.2) is 4.42 Å². The molecule has 0 radical (unpaired) electrons. The van der Waals surface area contributed by atoms with Gasteiger partial charge in [-0.1, -0.05) is 60.1 Å². The number of thiophene rings is 1. The summed E-state index contributed by atoms with van der Waals surface area (Å²) in [6.07, 6.45) is 3.56. The van der Waals surface area contributed by atoms with Gasteiger partial charge >= 0.3 is 0 Å². The number of rotatable bonds is 8. The van der Waals surface area contributed by atoms with E-state index in [9.17, 15) is 9.90 Å². The van der Waals surface area contributed by atoms with E-state index in [1.54, 1.807) is 11.5 Å². The summed E-state index contributed by atoms with van der Waals surface area (Å²) in [6, 6.07) is 22.2. The zero-order valence-electron chi connectivity index (χ0n) is 22.1. The van der Waals surface area contributed by atoms with Gasteiger partial charge in [0.1, 0.15) is 10.6 Å². The van der Waals surface area contributed by atoms with Crippen LogP contribution in [0.4, 0.5) is 0 Å². The van der Waals surface area contributed by atoms with Gasteiger partial charge in [-0.3, -0.25) is 4.79 Å². The van der Waals surface area contributed by atoms with Crippen LogP contribution in [0.25, 0.3) is 21.2 Å². The molecule has 0 saturated heterocycles. The Labute approximate surface area is 243 Å². The van der Waals surface area contributed by atoms with E-state index in [-0.39, 0.29) is 18.6 Å². The molecule has 0 aliphatic heterocycles. The van der Waals surface area contributed by atoms with Crippen molar-refractivity contribution in [2.75, 3.05) is 14.2 Å². The third-order valence-corrected chi connectivity index (χ3v) is 9.63. The first-order valence-corrected chi connectivity index (χ1v) is 14.7. The second-order valence-corrected chi connectivity index (χ2v) is 12.0. The molecule has 0 unspecified atom stereocenters. The number of carbonyl (C=O) groups is 1. The molecular weight excluding hydrogens is 551 g/mol. The maximum Gasteiger partial charge on any atom is 0.266 e. The number of hydrogen-bond donors (Lipinski definition) is 1. The molecule has 5 rings (SSSR count). The zero-order chi connectivity index (χ0) is 27.5. The molecule has 1 N–H and O–H groups in total. The van der Waals surface area contributed by atoms with E-state index < -0.39 is 0 Å². The molecule has 4 aromatic rings. The fourth-order valence-electron chi connectivity index (χ4n) is 5.44. The minimum Gasteiger partial charge on any atom is -0.496 e. The molecular formula is C31H32Cl2N2O3S. The largest absolute Gasteiger partial charge is 0.496 e. The fourth-order valence-corrected chi connectivity index (χ4v) is 7.11. The van der Waals surface area contributed by atoms with Gasteiger partial charge in [0.25, 0.3) is 5.91 Å². The molecule has 5 nitrogen and oxygen atoms in total. The Kier molecular flexibility index (Phi) is 8.79. The summed E-state index contributed by atoms with van der Waals surface area (Å²) in [7, 11) is 3.56. The lowest BCUT2D eigenvalue weighted by atomic mass is 9.89. The van der Waals surface area contributed by atoms with Crippen LogP contribution < -0.4 is 4.74 Å². The average Bonchev–Trinajstić information content (AvgIpc) is 3.32. The molecule has 8 heteroatoms. The quantitative estimate of drug-likeness (QED) is 0.216. The number of aliphatic hydroxyl groups excluding tert-OH is 1. The highest BCUT2D eigenvalue weighted by molar-refractivity contribution is 7.21. The van der Waals surface area contributed by atoms with Crippen molar-refractivity contribution >= 4 is 50.7 Å². The number of hydrogen-bond acceptors (Lipinski definition) is 5. The lowest BCUT2D eigenvalue weighted by Gasteiger charge is -2.38. The molecule has 0 spiro atoms. The summed E-state index contributed by atoms with van der Waals surface area (Å²) in [6.45, 7) is 0.411. The molecule has 39 heavy (non-hydrogen) atoms. The Morgan fingerprint density at radius 2 is 1.67 bits per heavy atom. The summed E-state index contributed by atoms with van der Waals surface area (Å²) >= 11 is 14.5. The first kappa shape index (κ1) is 27.9. The highest BCUT2D eigenvalue weighted by atomic mass is 35.5. The zero-order valence-corrected chi connectivity index (χ0v) is 24.4. The van der Waals surface area contributed by atoms with Crippen LogP contribution in [0.3, 0.4) is 0 Å². The molecule has 1 aliphatic rings. The highest BCUT2D eigenvalue weighted by Crippen LogP contribution is 2.38. The Balaban J connectivity index is 1.51. The van der Waals surface area contributed by atoms with Crippen molar-refractivity contribution < 1.29 is 14.6 Å². The second kappa shape index (κ2) is 12.3. The summed E-state index contributed by atoms with van der Waals surface area (Å²) < 4.78 is 8.52. The molecule has 3 aromatic carbocycles. The maximum atomic E-state index is 14.2. The normalized spacial score (nSPS) is 17.5. The summed E-state index contributed by atoms with van der Waals surface area (Å²) in [5.41, 5.74) is 3.85. The van der Waals surface area contributed by atoms with Gasteiger partial charge in [0, 0.05) is 41.3 Å². The van der Waals surface area contributed by atoms with Gasteiger partial charge in [-0.15, -0.1) is 11.3 Å². The van der Waals surface area contributed by atoms with E-state index in [4.69, 9.17) is 28.1 Å². The molecule has 1 heterocycles. The average molecular weight is 584 g/mol. The third-order valence-electron chi connectivity index (χ3n) is 7.69. The molecule has 1 saturated carbocycles. The summed E-state index contributed by atoms with van der Waals surface area (Å²) in [5, 5.41) is 10.8. The molecule has 1 aromatic heterocycles. The number of amides is 1. The second-order valence-electron chi connectivity index (χ2n) is 10.0. The van der Waals surface area contributed by atoms with E-state index in [2.05, 4.69) is 6.07 Å². The van der Waals surface area contributed by atoms with E-state index >= 15 is 0 Å². The van der Waals surface area contributed by atoms with E-state index in [1.165, 1.54) is 11.3 Å². The maximum absolute atomic E-state index is 14.2. The summed E-state index contributed by atoms with van der Waals surface area (Å²) in [5.74, 6) is 0.684. The number of halogens is 2. The van der Waals surface area contributed by atoms with Gasteiger partial charge in [-0.05, 0) is 72.3 Å². The van der Waals surface area contributed by atoms with Gasteiger partial charge in [0.2, 0.25) is 0 Å². The Morgan fingerprint density at radius 3 is 2.31 bits per heavy atom. The highest BCUT2D eigenvalue weighted by Gasteiger charge is 2.33. The van der Waals surface area contributed by atoms with Crippen molar-refractivity contribution in [2.24, 2.45) is 0 Å². The minimum atomic E-state index is -0.0522. The van der Waals surface area contributed by atoms with Crippen molar-refractivity contribution in [1.29, 1.82) is 0 Å². The first-order chi connectivity index (χ1) is 18.9. The van der Waals surface area contributed by atoms with Crippen LogP contribution in [-0.4, -0.2) is 46.6 Å². The van der Waals surface area contributed by atoms with Crippen LogP contribution in [0.1, 0.15) is 46.5 Å². The lowest BCUT2D eigenvalue weighted by molar-refractivity contribution is 0.0589. The number of aliphatic hydroxyl groups is 1. The monoisotopic (exact) mass is 582 g/mol. The minimum absolute atomic E-state index is 0.00720. The summed E-state index contributed by atoms with van der Waals surface area (Å²) in [4.78, 5) is 16.8. The van der Waals surface area contributed by atoms with Crippen molar-refractivity contribution in [3.8, 4) is 16.9 Å². The molecule has 1 amide bonds. The van der Waals surface area contributed by atoms with E-state index in [1.807, 2.05) is 72.6 Å². The first-order valence-electron chi connectivity index (χ1n) is 13.1. The predicted molar refractivity (Wildman–Crippen MR) is 161 cm³/mol. The predicted octanol–water partition coefficient (Wildman–Crippen LogP) is 7.76.